The van der Waals surface area contributed by atoms with Crippen molar-refractivity contribution in [2.24, 2.45) is 0 Å². The SMILES string of the molecule is CCN(CC)C(=O)CN(C)C(=O)COc1ccc(Cl)cc1Cl. The normalized spacial score (nSPS) is 10.2. The lowest BCUT2D eigenvalue weighted by Gasteiger charge is -2.23. The monoisotopic (exact) mass is 346 g/mol. The minimum absolute atomic E-state index is 0.0260. The molecule has 0 aliphatic heterocycles. The number of carbonyl (C=O) groups is 2. The molecular weight excluding hydrogens is 327 g/mol. The average Bonchev–Trinajstić information content (AvgIpc) is 2.47. The van der Waals surface area contributed by atoms with Gasteiger partial charge >= 0.3 is 0 Å². The summed E-state index contributed by atoms with van der Waals surface area (Å²) in [5.74, 6) is -0.0141. The molecule has 2 amide bonds. The maximum absolute atomic E-state index is 12.0. The molecule has 7 heteroatoms. The van der Waals surface area contributed by atoms with Gasteiger partial charge in [0, 0.05) is 25.2 Å². The molecule has 1 rings (SSSR count). The zero-order valence-electron chi connectivity index (χ0n) is 12.9. The number of ether oxygens (including phenoxy) is 1. The van der Waals surface area contributed by atoms with Crippen LogP contribution in [0.25, 0.3) is 0 Å². The van der Waals surface area contributed by atoms with Crippen LogP contribution in [0.5, 0.6) is 5.75 Å². The molecule has 1 aromatic carbocycles. The fraction of sp³-hybridized carbons (Fsp3) is 0.467. The van der Waals surface area contributed by atoms with Gasteiger partial charge in [-0.2, -0.15) is 0 Å². The number of likely N-dealkylation sites (N-methyl/N-ethyl adjacent to an activating group) is 2. The van der Waals surface area contributed by atoms with Gasteiger partial charge in [0.2, 0.25) is 5.91 Å². The maximum atomic E-state index is 12.0. The van der Waals surface area contributed by atoms with Crippen molar-refractivity contribution in [2.75, 3.05) is 33.3 Å². The highest BCUT2D eigenvalue weighted by atomic mass is 35.5. The highest BCUT2D eigenvalue weighted by Crippen LogP contribution is 2.27. The number of hydrogen-bond donors (Lipinski definition) is 0. The minimum atomic E-state index is -0.300. The zero-order valence-corrected chi connectivity index (χ0v) is 14.4. The Balaban J connectivity index is 2.52. The Morgan fingerprint density at radius 1 is 1.14 bits per heavy atom. The molecule has 22 heavy (non-hydrogen) atoms. The third-order valence-electron chi connectivity index (χ3n) is 3.16. The summed E-state index contributed by atoms with van der Waals surface area (Å²) < 4.78 is 5.36. The van der Waals surface area contributed by atoms with Crippen LogP contribution in [0.15, 0.2) is 18.2 Å². The van der Waals surface area contributed by atoms with Gasteiger partial charge in [0.05, 0.1) is 11.6 Å². The van der Waals surface area contributed by atoms with Crippen molar-refractivity contribution >= 4 is 35.0 Å². The summed E-state index contributed by atoms with van der Waals surface area (Å²) in [6.07, 6.45) is 0. The molecule has 1 aromatic rings. The Morgan fingerprint density at radius 2 is 1.77 bits per heavy atom. The summed E-state index contributed by atoms with van der Waals surface area (Å²) in [5, 5.41) is 0.827. The Hall–Kier alpha value is -1.46. The van der Waals surface area contributed by atoms with Gasteiger partial charge in [-0.25, -0.2) is 0 Å². The number of carbonyl (C=O) groups excluding carboxylic acids is 2. The van der Waals surface area contributed by atoms with E-state index in [1.54, 1.807) is 24.1 Å². The van der Waals surface area contributed by atoms with Crippen LogP contribution in [0.2, 0.25) is 10.0 Å². The molecule has 122 valence electrons. The first-order valence-electron chi connectivity index (χ1n) is 6.98. The Labute approximate surface area is 140 Å². The highest BCUT2D eigenvalue weighted by molar-refractivity contribution is 6.35. The van der Waals surface area contributed by atoms with Crippen LogP contribution in [-0.4, -0.2) is 54.9 Å². The van der Waals surface area contributed by atoms with E-state index in [4.69, 9.17) is 27.9 Å². The predicted molar refractivity (Wildman–Crippen MR) is 87.5 cm³/mol. The Morgan fingerprint density at radius 3 is 2.32 bits per heavy atom. The molecular formula is C15H20Cl2N2O3. The molecule has 0 heterocycles. The van der Waals surface area contributed by atoms with Gasteiger partial charge in [-0.3, -0.25) is 9.59 Å². The van der Waals surface area contributed by atoms with E-state index >= 15 is 0 Å². The van der Waals surface area contributed by atoms with Crippen LogP contribution < -0.4 is 4.74 Å². The van der Waals surface area contributed by atoms with Crippen molar-refractivity contribution in [3.8, 4) is 5.75 Å². The molecule has 0 bridgehead atoms. The number of halogens is 2. The number of nitrogens with zero attached hydrogens (tertiary/aromatic N) is 2. The largest absolute Gasteiger partial charge is 0.482 e. The summed E-state index contributed by atoms with van der Waals surface area (Å²) in [6.45, 7) is 4.87. The summed E-state index contributed by atoms with van der Waals surface area (Å²) >= 11 is 11.7. The molecule has 0 aliphatic rings. The molecule has 0 atom stereocenters. The van der Waals surface area contributed by atoms with E-state index in [-0.39, 0.29) is 25.0 Å². The van der Waals surface area contributed by atoms with Crippen molar-refractivity contribution in [2.45, 2.75) is 13.8 Å². The molecule has 0 aliphatic carbocycles. The van der Waals surface area contributed by atoms with Crippen molar-refractivity contribution in [1.29, 1.82) is 0 Å². The minimum Gasteiger partial charge on any atom is -0.482 e. The Kier molecular flexibility index (Phi) is 7.48. The van der Waals surface area contributed by atoms with Crippen LogP contribution in [0, 0.1) is 0 Å². The molecule has 0 N–H and O–H groups in total. The molecule has 0 spiro atoms. The topological polar surface area (TPSA) is 49.9 Å². The lowest BCUT2D eigenvalue weighted by Crippen LogP contribution is -2.42. The van der Waals surface area contributed by atoms with Crippen molar-refractivity contribution in [3.05, 3.63) is 28.2 Å². The van der Waals surface area contributed by atoms with Crippen LogP contribution in [-0.2, 0) is 9.59 Å². The number of benzene rings is 1. The van der Waals surface area contributed by atoms with E-state index in [9.17, 15) is 9.59 Å². The predicted octanol–water partition coefficient (Wildman–Crippen LogP) is 2.70. The zero-order chi connectivity index (χ0) is 16.7. The van der Waals surface area contributed by atoms with E-state index in [0.29, 0.717) is 28.9 Å². The standard InChI is InChI=1S/C15H20Cl2N2O3/c1-4-19(5-2)14(20)9-18(3)15(21)10-22-13-7-6-11(16)8-12(13)17/h6-8H,4-5,9-10H2,1-3H3. The molecule has 0 fully saturated rings. The lowest BCUT2D eigenvalue weighted by atomic mass is 10.3. The Bertz CT molecular complexity index is 534. The van der Waals surface area contributed by atoms with Crippen molar-refractivity contribution in [1.82, 2.24) is 9.80 Å². The second kappa shape index (κ2) is 8.86. The van der Waals surface area contributed by atoms with E-state index in [0.717, 1.165) is 0 Å². The van der Waals surface area contributed by atoms with Gasteiger partial charge in [0.25, 0.3) is 5.91 Å². The molecule has 0 aromatic heterocycles. The fourth-order valence-corrected chi connectivity index (χ4v) is 2.27. The number of hydrogen-bond acceptors (Lipinski definition) is 3. The lowest BCUT2D eigenvalue weighted by molar-refractivity contribution is -0.140. The van der Waals surface area contributed by atoms with Gasteiger partial charge in [0.15, 0.2) is 6.61 Å². The van der Waals surface area contributed by atoms with Gasteiger partial charge in [-0.15, -0.1) is 0 Å². The molecule has 0 unspecified atom stereocenters. The highest BCUT2D eigenvalue weighted by Gasteiger charge is 2.17. The van der Waals surface area contributed by atoms with Crippen LogP contribution in [0.3, 0.4) is 0 Å². The van der Waals surface area contributed by atoms with Gasteiger partial charge in [-0.05, 0) is 32.0 Å². The van der Waals surface area contributed by atoms with E-state index in [1.165, 1.54) is 11.0 Å². The summed E-state index contributed by atoms with van der Waals surface area (Å²) in [5.41, 5.74) is 0. The summed E-state index contributed by atoms with van der Waals surface area (Å²) in [6, 6.07) is 4.76. The average molecular weight is 347 g/mol. The van der Waals surface area contributed by atoms with Crippen molar-refractivity contribution in [3.63, 3.8) is 0 Å². The van der Waals surface area contributed by atoms with Crippen molar-refractivity contribution < 1.29 is 14.3 Å². The quantitative estimate of drug-likeness (QED) is 0.762. The fourth-order valence-electron chi connectivity index (χ4n) is 1.81. The van der Waals surface area contributed by atoms with E-state index in [1.807, 2.05) is 13.8 Å². The summed E-state index contributed by atoms with van der Waals surface area (Å²) in [7, 11) is 1.57. The van der Waals surface area contributed by atoms with Crippen LogP contribution >= 0.6 is 23.2 Å². The molecule has 0 saturated heterocycles. The van der Waals surface area contributed by atoms with E-state index in [2.05, 4.69) is 0 Å². The second-order valence-electron chi connectivity index (χ2n) is 4.68. The number of amides is 2. The third kappa shape index (κ3) is 5.39. The van der Waals surface area contributed by atoms with Crippen LogP contribution in [0.4, 0.5) is 0 Å². The van der Waals surface area contributed by atoms with Gasteiger partial charge in [0.1, 0.15) is 5.75 Å². The van der Waals surface area contributed by atoms with Crippen LogP contribution in [0.1, 0.15) is 13.8 Å². The first-order valence-corrected chi connectivity index (χ1v) is 7.74. The first-order chi connectivity index (χ1) is 10.4. The summed E-state index contributed by atoms with van der Waals surface area (Å²) in [4.78, 5) is 26.9. The smallest absolute Gasteiger partial charge is 0.260 e. The molecule has 0 saturated carbocycles. The van der Waals surface area contributed by atoms with Gasteiger partial charge < -0.3 is 14.5 Å². The maximum Gasteiger partial charge on any atom is 0.260 e. The van der Waals surface area contributed by atoms with E-state index < -0.39 is 0 Å². The molecule has 0 radical (unpaired) electrons. The van der Waals surface area contributed by atoms with Gasteiger partial charge in [-0.1, -0.05) is 23.2 Å². The third-order valence-corrected chi connectivity index (χ3v) is 3.69. The second-order valence-corrected chi connectivity index (χ2v) is 5.52. The first kappa shape index (κ1) is 18.6. The molecule has 5 nitrogen and oxygen atoms in total. The number of rotatable bonds is 7.